The van der Waals surface area contributed by atoms with Gasteiger partial charge in [-0.15, -0.1) is 10.2 Å². The summed E-state index contributed by atoms with van der Waals surface area (Å²) in [6.07, 6.45) is -1.75. The molecule has 19 heavy (non-hydrogen) atoms. The average molecular weight is 275 g/mol. The van der Waals surface area contributed by atoms with Gasteiger partial charge in [-0.1, -0.05) is 0 Å². The molecular formula is C12H16F3N3O. The van der Waals surface area contributed by atoms with Crippen molar-refractivity contribution in [3.05, 3.63) is 17.8 Å². The molecule has 0 amide bonds. The molecule has 0 radical (unpaired) electrons. The zero-order valence-electron chi connectivity index (χ0n) is 10.4. The van der Waals surface area contributed by atoms with Crippen LogP contribution in [0.3, 0.4) is 0 Å². The van der Waals surface area contributed by atoms with Crippen LogP contribution in [0.5, 0.6) is 0 Å². The van der Waals surface area contributed by atoms with Crippen molar-refractivity contribution in [2.75, 3.05) is 24.6 Å². The first-order chi connectivity index (χ1) is 9.00. The maximum Gasteiger partial charge on any atom is 0.435 e. The lowest BCUT2D eigenvalue weighted by Gasteiger charge is -2.33. The Kier molecular flexibility index (Phi) is 4.24. The summed E-state index contributed by atoms with van der Waals surface area (Å²) in [4.78, 5) is 1.93. The molecule has 0 saturated carbocycles. The molecule has 1 N–H and O–H groups in total. The van der Waals surface area contributed by atoms with E-state index >= 15 is 0 Å². The second-order valence-corrected chi connectivity index (χ2v) is 4.74. The van der Waals surface area contributed by atoms with E-state index in [1.165, 1.54) is 6.07 Å². The van der Waals surface area contributed by atoms with Gasteiger partial charge in [0.2, 0.25) is 0 Å². The molecule has 2 heterocycles. The van der Waals surface area contributed by atoms with Crippen molar-refractivity contribution in [2.24, 2.45) is 5.92 Å². The number of nitrogens with zero attached hydrogens (tertiary/aromatic N) is 3. The third-order valence-corrected chi connectivity index (χ3v) is 3.32. The Morgan fingerprint density at radius 2 is 2.11 bits per heavy atom. The van der Waals surface area contributed by atoms with E-state index < -0.39 is 11.9 Å². The zero-order valence-corrected chi connectivity index (χ0v) is 10.4. The van der Waals surface area contributed by atoms with Crippen molar-refractivity contribution >= 4 is 5.82 Å². The molecule has 1 aliphatic heterocycles. The van der Waals surface area contributed by atoms with E-state index in [4.69, 9.17) is 5.11 Å². The average Bonchev–Trinajstić information content (AvgIpc) is 2.39. The molecule has 0 aromatic carbocycles. The van der Waals surface area contributed by atoms with Crippen LogP contribution in [-0.2, 0) is 6.18 Å². The van der Waals surface area contributed by atoms with Crippen LogP contribution in [0.4, 0.5) is 19.0 Å². The Labute approximate surface area is 109 Å². The molecular weight excluding hydrogens is 259 g/mol. The van der Waals surface area contributed by atoms with Crippen LogP contribution < -0.4 is 4.90 Å². The van der Waals surface area contributed by atoms with E-state index in [0.29, 0.717) is 24.7 Å². The van der Waals surface area contributed by atoms with E-state index in [0.717, 1.165) is 25.5 Å². The number of alkyl halides is 3. The largest absolute Gasteiger partial charge is 0.435 e. The summed E-state index contributed by atoms with van der Waals surface area (Å²) in [5, 5.41) is 15.8. The van der Waals surface area contributed by atoms with E-state index in [1.807, 2.05) is 4.90 Å². The molecule has 1 fully saturated rings. The molecule has 1 aliphatic rings. The molecule has 1 aromatic rings. The van der Waals surface area contributed by atoms with Crippen molar-refractivity contribution in [1.82, 2.24) is 10.2 Å². The van der Waals surface area contributed by atoms with E-state index in [1.54, 1.807) is 0 Å². The van der Waals surface area contributed by atoms with Crippen LogP contribution in [0.15, 0.2) is 12.1 Å². The first-order valence-electron chi connectivity index (χ1n) is 6.27. The Morgan fingerprint density at radius 1 is 1.32 bits per heavy atom. The van der Waals surface area contributed by atoms with Crippen LogP contribution in [0.1, 0.15) is 25.0 Å². The highest BCUT2D eigenvalue weighted by Gasteiger charge is 2.33. The fourth-order valence-corrected chi connectivity index (χ4v) is 2.34. The molecule has 1 unspecified atom stereocenters. The monoisotopic (exact) mass is 275 g/mol. The highest BCUT2D eigenvalue weighted by Crippen LogP contribution is 2.28. The lowest BCUT2D eigenvalue weighted by Crippen LogP contribution is -2.36. The summed E-state index contributed by atoms with van der Waals surface area (Å²) in [5.74, 6) is 0.832. The van der Waals surface area contributed by atoms with Gasteiger partial charge in [-0.05, 0) is 37.3 Å². The second kappa shape index (κ2) is 5.73. The van der Waals surface area contributed by atoms with Crippen LogP contribution >= 0.6 is 0 Å². The van der Waals surface area contributed by atoms with Gasteiger partial charge in [-0.3, -0.25) is 0 Å². The van der Waals surface area contributed by atoms with Crippen LogP contribution in [0, 0.1) is 5.92 Å². The first-order valence-corrected chi connectivity index (χ1v) is 6.27. The van der Waals surface area contributed by atoms with Crippen molar-refractivity contribution < 1.29 is 18.3 Å². The summed E-state index contributed by atoms with van der Waals surface area (Å²) >= 11 is 0. The molecule has 1 aromatic heterocycles. The molecule has 2 rings (SSSR count). The van der Waals surface area contributed by atoms with Crippen molar-refractivity contribution in [3.63, 3.8) is 0 Å². The minimum absolute atomic E-state index is 0.136. The second-order valence-electron chi connectivity index (χ2n) is 4.74. The number of anilines is 1. The number of hydrogen-bond acceptors (Lipinski definition) is 4. The molecule has 0 spiro atoms. The summed E-state index contributed by atoms with van der Waals surface area (Å²) in [5.41, 5.74) is -0.972. The van der Waals surface area contributed by atoms with Crippen LogP contribution in [-0.4, -0.2) is 35.0 Å². The molecule has 1 atom stereocenters. The van der Waals surface area contributed by atoms with Gasteiger partial charge in [0.1, 0.15) is 0 Å². The van der Waals surface area contributed by atoms with Crippen molar-refractivity contribution in [2.45, 2.75) is 25.4 Å². The van der Waals surface area contributed by atoms with Gasteiger partial charge in [0.25, 0.3) is 0 Å². The predicted octanol–water partition coefficient (Wildman–Crippen LogP) is 2.09. The van der Waals surface area contributed by atoms with Crippen molar-refractivity contribution in [1.29, 1.82) is 0 Å². The number of halogens is 3. The third-order valence-electron chi connectivity index (χ3n) is 3.32. The van der Waals surface area contributed by atoms with E-state index in [2.05, 4.69) is 10.2 Å². The molecule has 7 heteroatoms. The Bertz CT molecular complexity index is 406. The van der Waals surface area contributed by atoms with Crippen molar-refractivity contribution in [3.8, 4) is 0 Å². The standard InChI is InChI=1S/C12H16F3N3O/c13-12(14,15)10-3-4-11(17-16-10)18-6-1-2-9(8-18)5-7-19/h3-4,9,19H,1-2,5-8H2. The number of rotatable bonds is 3. The van der Waals surface area contributed by atoms with Gasteiger partial charge in [0.15, 0.2) is 11.5 Å². The summed E-state index contributed by atoms with van der Waals surface area (Å²) in [6, 6.07) is 2.31. The Hall–Kier alpha value is -1.37. The number of aliphatic hydroxyl groups is 1. The Balaban J connectivity index is 2.05. The third kappa shape index (κ3) is 3.56. The van der Waals surface area contributed by atoms with Gasteiger partial charge in [-0.2, -0.15) is 13.2 Å². The molecule has 1 saturated heterocycles. The van der Waals surface area contributed by atoms with E-state index in [-0.39, 0.29) is 6.61 Å². The smallest absolute Gasteiger partial charge is 0.396 e. The SMILES string of the molecule is OCCC1CCCN(c2ccc(C(F)(F)F)nn2)C1. The van der Waals surface area contributed by atoms with Gasteiger partial charge in [-0.25, -0.2) is 0 Å². The van der Waals surface area contributed by atoms with Gasteiger partial charge in [0, 0.05) is 19.7 Å². The van der Waals surface area contributed by atoms with Gasteiger partial charge in [0.05, 0.1) is 0 Å². The maximum absolute atomic E-state index is 12.4. The summed E-state index contributed by atoms with van der Waals surface area (Å²) in [7, 11) is 0. The Morgan fingerprint density at radius 3 is 2.68 bits per heavy atom. The minimum Gasteiger partial charge on any atom is -0.396 e. The fraction of sp³-hybridized carbons (Fsp3) is 0.667. The predicted molar refractivity (Wildman–Crippen MR) is 63.7 cm³/mol. The van der Waals surface area contributed by atoms with Crippen LogP contribution in [0.25, 0.3) is 0 Å². The van der Waals surface area contributed by atoms with Crippen LogP contribution in [0.2, 0.25) is 0 Å². The molecule has 4 nitrogen and oxygen atoms in total. The number of aliphatic hydroxyl groups excluding tert-OH is 1. The first kappa shape index (κ1) is 14.0. The number of piperidine rings is 1. The topological polar surface area (TPSA) is 49.2 Å². The quantitative estimate of drug-likeness (QED) is 0.917. The minimum atomic E-state index is -4.45. The lowest BCUT2D eigenvalue weighted by atomic mass is 9.95. The van der Waals surface area contributed by atoms with Gasteiger partial charge < -0.3 is 10.0 Å². The number of aromatic nitrogens is 2. The number of hydrogen-bond donors (Lipinski definition) is 1. The summed E-state index contributed by atoms with van der Waals surface area (Å²) < 4.78 is 37.1. The molecule has 106 valence electrons. The molecule has 0 bridgehead atoms. The zero-order chi connectivity index (χ0) is 13.9. The van der Waals surface area contributed by atoms with Gasteiger partial charge >= 0.3 is 6.18 Å². The highest BCUT2D eigenvalue weighted by atomic mass is 19.4. The normalized spacial score (nSPS) is 20.6. The fourth-order valence-electron chi connectivity index (χ4n) is 2.34. The summed E-state index contributed by atoms with van der Waals surface area (Å²) in [6.45, 7) is 1.61. The highest BCUT2D eigenvalue weighted by molar-refractivity contribution is 5.38. The van der Waals surface area contributed by atoms with E-state index in [9.17, 15) is 13.2 Å². The lowest BCUT2D eigenvalue weighted by molar-refractivity contribution is -0.141. The molecule has 0 aliphatic carbocycles. The maximum atomic E-state index is 12.4.